The molecule has 7 nitrogen and oxygen atoms in total. The fourth-order valence-corrected chi connectivity index (χ4v) is 3.19. The molecule has 1 heterocycles. The van der Waals surface area contributed by atoms with E-state index in [1.165, 1.54) is 11.7 Å². The molecule has 0 aliphatic heterocycles. The Labute approximate surface area is 103 Å². The van der Waals surface area contributed by atoms with Crippen LogP contribution in [0, 0.1) is 0 Å². The molecule has 0 aliphatic rings. The first-order valence-corrected chi connectivity index (χ1v) is 6.82. The Kier molecular flexibility index (Phi) is 4.42. The maximum Gasteiger partial charge on any atom is 0.260 e. The fourth-order valence-electron chi connectivity index (χ4n) is 1.08. The summed E-state index contributed by atoms with van der Waals surface area (Å²) in [6.45, 7) is 0.967. The molecule has 16 heavy (non-hydrogen) atoms. The molecule has 0 radical (unpaired) electrons. The van der Waals surface area contributed by atoms with Gasteiger partial charge >= 0.3 is 0 Å². The molecule has 1 N–H and O–H groups in total. The van der Waals surface area contributed by atoms with Crippen LogP contribution >= 0.6 is 15.9 Å². The highest BCUT2D eigenvalue weighted by atomic mass is 79.9. The SMILES string of the molecule is CN(C)CCNS(=O)(=O)c1c(Br)nnn1C. The standard InChI is InChI=1S/C7H14BrN5O2S/c1-12(2)5-4-9-16(14,15)7-6(8)10-11-13(7)3/h9H,4-5H2,1-3H3. The van der Waals surface area contributed by atoms with Gasteiger partial charge in [0.05, 0.1) is 0 Å². The van der Waals surface area contributed by atoms with Crippen LogP contribution in [0.4, 0.5) is 0 Å². The molecule has 0 saturated heterocycles. The van der Waals surface area contributed by atoms with Gasteiger partial charge in [-0.25, -0.2) is 17.8 Å². The quantitative estimate of drug-likeness (QED) is 0.787. The lowest BCUT2D eigenvalue weighted by atomic mass is 10.6. The Morgan fingerprint density at radius 3 is 2.56 bits per heavy atom. The minimum Gasteiger partial charge on any atom is -0.308 e. The molecule has 1 aromatic rings. The van der Waals surface area contributed by atoms with Crippen LogP contribution in [0.5, 0.6) is 0 Å². The first kappa shape index (κ1) is 13.6. The lowest BCUT2D eigenvalue weighted by Gasteiger charge is -2.10. The average molecular weight is 312 g/mol. The van der Waals surface area contributed by atoms with Gasteiger partial charge in [-0.3, -0.25) is 0 Å². The second-order valence-corrected chi connectivity index (χ2v) is 5.94. The van der Waals surface area contributed by atoms with E-state index in [2.05, 4.69) is 31.0 Å². The average Bonchev–Trinajstić information content (AvgIpc) is 2.45. The van der Waals surface area contributed by atoms with Crippen LogP contribution in [0.25, 0.3) is 0 Å². The highest BCUT2D eigenvalue weighted by molar-refractivity contribution is 9.10. The number of likely N-dealkylation sites (N-methyl/N-ethyl adjacent to an activating group) is 1. The van der Waals surface area contributed by atoms with Crippen LogP contribution in [0.3, 0.4) is 0 Å². The zero-order chi connectivity index (χ0) is 12.3. The summed E-state index contributed by atoms with van der Waals surface area (Å²) in [5.41, 5.74) is 0. The molecular weight excluding hydrogens is 298 g/mol. The number of sulfonamides is 1. The lowest BCUT2D eigenvalue weighted by molar-refractivity contribution is 0.412. The molecule has 0 aromatic carbocycles. The van der Waals surface area contributed by atoms with Crippen molar-refractivity contribution < 1.29 is 8.42 Å². The predicted octanol–water partition coefficient (Wildman–Crippen LogP) is -0.583. The van der Waals surface area contributed by atoms with Crippen molar-refractivity contribution in [2.45, 2.75) is 5.03 Å². The predicted molar refractivity (Wildman–Crippen MR) is 62.4 cm³/mol. The van der Waals surface area contributed by atoms with E-state index in [1.54, 1.807) is 0 Å². The fraction of sp³-hybridized carbons (Fsp3) is 0.714. The maximum atomic E-state index is 11.9. The van der Waals surface area contributed by atoms with E-state index in [1.807, 2.05) is 19.0 Å². The molecule has 0 saturated carbocycles. The molecule has 0 spiro atoms. The summed E-state index contributed by atoms with van der Waals surface area (Å²) in [7, 11) is 1.71. The van der Waals surface area contributed by atoms with Crippen molar-refractivity contribution in [2.24, 2.45) is 7.05 Å². The molecule has 1 rings (SSSR count). The topological polar surface area (TPSA) is 80.1 Å². The molecule has 0 fully saturated rings. The Hall–Kier alpha value is -0.510. The number of hydrogen-bond donors (Lipinski definition) is 1. The van der Waals surface area contributed by atoms with Crippen molar-refractivity contribution in [1.29, 1.82) is 0 Å². The number of aromatic nitrogens is 3. The number of rotatable bonds is 5. The van der Waals surface area contributed by atoms with Crippen molar-refractivity contribution in [3.8, 4) is 0 Å². The summed E-state index contributed by atoms with van der Waals surface area (Å²) in [4.78, 5) is 1.89. The van der Waals surface area contributed by atoms with Gasteiger partial charge in [-0.05, 0) is 30.0 Å². The van der Waals surface area contributed by atoms with Gasteiger partial charge in [0, 0.05) is 20.1 Å². The number of hydrogen-bond acceptors (Lipinski definition) is 5. The number of halogens is 1. The Balaban J connectivity index is 2.79. The van der Waals surface area contributed by atoms with Gasteiger partial charge in [0.15, 0.2) is 4.60 Å². The number of aryl methyl sites for hydroxylation is 1. The summed E-state index contributed by atoms with van der Waals surface area (Å²) in [5.74, 6) is 0. The summed E-state index contributed by atoms with van der Waals surface area (Å²) in [6, 6.07) is 0. The largest absolute Gasteiger partial charge is 0.308 e. The van der Waals surface area contributed by atoms with Crippen LogP contribution in [0.15, 0.2) is 9.63 Å². The van der Waals surface area contributed by atoms with Crippen LogP contribution < -0.4 is 4.72 Å². The zero-order valence-corrected chi connectivity index (χ0v) is 11.7. The van der Waals surface area contributed by atoms with E-state index in [4.69, 9.17) is 0 Å². The maximum absolute atomic E-state index is 11.9. The minimum absolute atomic E-state index is 0.0336. The smallest absolute Gasteiger partial charge is 0.260 e. The summed E-state index contributed by atoms with van der Waals surface area (Å²) in [6.07, 6.45) is 0. The van der Waals surface area contributed by atoms with E-state index in [9.17, 15) is 8.42 Å². The zero-order valence-electron chi connectivity index (χ0n) is 9.31. The van der Waals surface area contributed by atoms with Crippen LogP contribution in [0.1, 0.15) is 0 Å². The van der Waals surface area contributed by atoms with E-state index >= 15 is 0 Å². The summed E-state index contributed by atoms with van der Waals surface area (Å²) in [5, 5.41) is 7.28. The van der Waals surface area contributed by atoms with Crippen LogP contribution in [-0.4, -0.2) is 55.5 Å². The van der Waals surface area contributed by atoms with E-state index in [0.717, 1.165) is 0 Å². The second kappa shape index (κ2) is 5.21. The molecule has 0 aliphatic carbocycles. The number of nitrogens with one attached hydrogen (secondary N) is 1. The first-order chi connectivity index (χ1) is 7.34. The van der Waals surface area contributed by atoms with Gasteiger partial charge < -0.3 is 4.90 Å². The third-order valence-electron chi connectivity index (χ3n) is 1.84. The number of nitrogens with zero attached hydrogens (tertiary/aromatic N) is 4. The first-order valence-electron chi connectivity index (χ1n) is 4.54. The summed E-state index contributed by atoms with van der Waals surface area (Å²) >= 11 is 3.05. The Morgan fingerprint density at radius 1 is 1.50 bits per heavy atom. The monoisotopic (exact) mass is 311 g/mol. The third-order valence-corrected chi connectivity index (χ3v) is 4.19. The second-order valence-electron chi connectivity index (χ2n) is 3.51. The van der Waals surface area contributed by atoms with Gasteiger partial charge in [-0.15, -0.1) is 5.10 Å². The van der Waals surface area contributed by atoms with Gasteiger partial charge in [-0.1, -0.05) is 5.21 Å². The minimum atomic E-state index is -3.56. The molecule has 9 heteroatoms. The van der Waals surface area contributed by atoms with Crippen molar-refractivity contribution in [3.05, 3.63) is 4.60 Å². The molecule has 0 unspecified atom stereocenters. The summed E-state index contributed by atoms with van der Waals surface area (Å²) < 4.78 is 27.6. The van der Waals surface area contributed by atoms with Crippen molar-refractivity contribution in [3.63, 3.8) is 0 Å². The van der Waals surface area contributed by atoms with Gasteiger partial charge in [0.1, 0.15) is 0 Å². The van der Waals surface area contributed by atoms with Crippen molar-refractivity contribution in [1.82, 2.24) is 24.6 Å². The Bertz CT molecular complexity index is 436. The lowest BCUT2D eigenvalue weighted by Crippen LogP contribution is -2.32. The normalized spacial score (nSPS) is 12.3. The molecule has 0 amide bonds. The van der Waals surface area contributed by atoms with E-state index in [-0.39, 0.29) is 9.63 Å². The molecule has 0 atom stereocenters. The van der Waals surface area contributed by atoms with E-state index in [0.29, 0.717) is 13.1 Å². The Morgan fingerprint density at radius 2 is 2.12 bits per heavy atom. The van der Waals surface area contributed by atoms with Crippen molar-refractivity contribution >= 4 is 26.0 Å². The van der Waals surface area contributed by atoms with Crippen molar-refractivity contribution in [2.75, 3.05) is 27.2 Å². The van der Waals surface area contributed by atoms with Gasteiger partial charge in [0.2, 0.25) is 5.03 Å². The highest BCUT2D eigenvalue weighted by Gasteiger charge is 2.23. The van der Waals surface area contributed by atoms with E-state index < -0.39 is 10.0 Å². The molecule has 92 valence electrons. The van der Waals surface area contributed by atoms with Gasteiger partial charge in [-0.2, -0.15) is 0 Å². The molecule has 0 bridgehead atoms. The highest BCUT2D eigenvalue weighted by Crippen LogP contribution is 2.17. The third kappa shape index (κ3) is 3.24. The molecule has 1 aromatic heterocycles. The molecular formula is C7H14BrN5O2S. The van der Waals surface area contributed by atoms with Crippen LogP contribution in [-0.2, 0) is 17.1 Å². The van der Waals surface area contributed by atoms with Gasteiger partial charge in [0.25, 0.3) is 10.0 Å². The van der Waals surface area contributed by atoms with Crippen LogP contribution in [0.2, 0.25) is 0 Å².